The third-order valence-electron chi connectivity index (χ3n) is 5.59. The molecule has 4 rings (SSSR count). The number of amides is 2. The Morgan fingerprint density at radius 3 is 2.64 bits per heavy atom. The number of carbonyl (C=O) groups is 2. The van der Waals surface area contributed by atoms with Crippen LogP contribution in [0, 0.1) is 0 Å². The lowest BCUT2D eigenvalue weighted by molar-refractivity contribution is 0.0783. The van der Waals surface area contributed by atoms with Crippen LogP contribution in [-0.2, 0) is 12.8 Å². The van der Waals surface area contributed by atoms with Gasteiger partial charge in [-0.1, -0.05) is 17.7 Å². The first kappa shape index (κ1) is 19.4. The molecule has 2 aliphatic rings. The van der Waals surface area contributed by atoms with Crippen molar-refractivity contribution < 1.29 is 9.59 Å². The van der Waals surface area contributed by atoms with Crippen molar-refractivity contribution in [3.05, 3.63) is 56.2 Å². The second-order valence-electron chi connectivity index (χ2n) is 7.60. The summed E-state index contributed by atoms with van der Waals surface area (Å²) in [5.74, 6) is -0.0679. The molecule has 2 aliphatic heterocycles. The fraction of sp³-hybridized carbons (Fsp3) is 0.429. The molecule has 1 unspecified atom stereocenters. The standard InChI is InChI=1S/C21H24ClN3O2S/c1-24-9-6-14-2-3-16(12-15(14)7-10-24)21(27)25-11-8-17(13-25)23-20(26)18-4-5-19(22)28-18/h2-5,12,17H,6-11,13H2,1H3,(H,23,26). The van der Waals surface area contributed by atoms with E-state index in [1.54, 1.807) is 12.1 Å². The van der Waals surface area contributed by atoms with E-state index < -0.39 is 0 Å². The summed E-state index contributed by atoms with van der Waals surface area (Å²) in [6, 6.07) is 9.56. The number of rotatable bonds is 3. The van der Waals surface area contributed by atoms with Crippen molar-refractivity contribution >= 4 is 34.8 Å². The minimum atomic E-state index is -0.120. The summed E-state index contributed by atoms with van der Waals surface area (Å²) in [5.41, 5.74) is 3.39. The number of nitrogens with zero attached hydrogens (tertiary/aromatic N) is 2. The molecular formula is C21H24ClN3O2S. The molecule has 3 heterocycles. The molecule has 0 bridgehead atoms. The number of likely N-dealkylation sites (N-methyl/N-ethyl adjacent to an activating group) is 1. The SMILES string of the molecule is CN1CCc2ccc(C(=O)N3CCC(NC(=O)c4ccc(Cl)s4)C3)cc2CC1. The molecule has 0 spiro atoms. The zero-order valence-electron chi connectivity index (χ0n) is 15.9. The Morgan fingerprint density at radius 2 is 1.89 bits per heavy atom. The van der Waals surface area contributed by atoms with Crippen LogP contribution < -0.4 is 5.32 Å². The molecule has 1 fully saturated rings. The van der Waals surface area contributed by atoms with Gasteiger partial charge in [0, 0.05) is 37.8 Å². The van der Waals surface area contributed by atoms with Gasteiger partial charge in [0.1, 0.15) is 0 Å². The maximum Gasteiger partial charge on any atom is 0.261 e. The summed E-state index contributed by atoms with van der Waals surface area (Å²) in [4.78, 5) is 30.1. The average molecular weight is 418 g/mol. The van der Waals surface area contributed by atoms with Crippen LogP contribution in [-0.4, -0.2) is 60.9 Å². The fourth-order valence-electron chi connectivity index (χ4n) is 3.91. The number of thiophene rings is 1. The lowest BCUT2D eigenvalue weighted by Gasteiger charge is -2.18. The third-order valence-corrected chi connectivity index (χ3v) is 6.82. The van der Waals surface area contributed by atoms with Crippen molar-refractivity contribution in [2.24, 2.45) is 0 Å². The monoisotopic (exact) mass is 417 g/mol. The maximum absolute atomic E-state index is 13.0. The van der Waals surface area contributed by atoms with E-state index in [1.165, 1.54) is 22.5 Å². The Balaban J connectivity index is 1.39. The van der Waals surface area contributed by atoms with Crippen LogP contribution in [0.15, 0.2) is 30.3 Å². The summed E-state index contributed by atoms with van der Waals surface area (Å²) in [6.45, 7) is 3.29. The zero-order valence-corrected chi connectivity index (χ0v) is 17.5. The number of fused-ring (bicyclic) bond motifs is 1. The molecule has 2 amide bonds. The molecule has 5 nitrogen and oxygen atoms in total. The van der Waals surface area contributed by atoms with E-state index in [9.17, 15) is 9.59 Å². The minimum absolute atomic E-state index is 0.0215. The van der Waals surface area contributed by atoms with Gasteiger partial charge in [-0.3, -0.25) is 9.59 Å². The number of benzene rings is 1. The van der Waals surface area contributed by atoms with Gasteiger partial charge in [-0.15, -0.1) is 11.3 Å². The molecular weight excluding hydrogens is 394 g/mol. The van der Waals surface area contributed by atoms with Crippen molar-refractivity contribution in [2.45, 2.75) is 25.3 Å². The van der Waals surface area contributed by atoms with E-state index in [1.807, 2.05) is 11.0 Å². The van der Waals surface area contributed by atoms with Gasteiger partial charge >= 0.3 is 0 Å². The first-order chi connectivity index (χ1) is 13.5. The minimum Gasteiger partial charge on any atom is -0.347 e. The van der Waals surface area contributed by atoms with Crippen LogP contribution >= 0.6 is 22.9 Å². The number of carbonyl (C=O) groups excluding carboxylic acids is 2. The topological polar surface area (TPSA) is 52.7 Å². The number of hydrogen-bond donors (Lipinski definition) is 1. The normalized spacial score (nSPS) is 19.9. The highest BCUT2D eigenvalue weighted by Gasteiger charge is 2.29. The second-order valence-corrected chi connectivity index (χ2v) is 9.32. The van der Waals surface area contributed by atoms with Crippen LogP contribution in [0.4, 0.5) is 0 Å². The molecule has 1 atom stereocenters. The van der Waals surface area contributed by atoms with Crippen molar-refractivity contribution in [1.29, 1.82) is 0 Å². The highest BCUT2D eigenvalue weighted by atomic mass is 35.5. The fourth-order valence-corrected chi connectivity index (χ4v) is 4.85. The Hall–Kier alpha value is -1.89. The lowest BCUT2D eigenvalue weighted by atomic mass is 9.99. The highest BCUT2D eigenvalue weighted by Crippen LogP contribution is 2.23. The van der Waals surface area contributed by atoms with Crippen LogP contribution in [0.25, 0.3) is 0 Å². The molecule has 1 aromatic heterocycles. The first-order valence-corrected chi connectivity index (χ1v) is 10.8. The molecule has 7 heteroatoms. The smallest absolute Gasteiger partial charge is 0.261 e. The number of likely N-dealkylation sites (tertiary alicyclic amines) is 1. The predicted molar refractivity (Wildman–Crippen MR) is 112 cm³/mol. The van der Waals surface area contributed by atoms with Gasteiger partial charge in [0.2, 0.25) is 0 Å². The van der Waals surface area contributed by atoms with E-state index in [-0.39, 0.29) is 17.9 Å². The molecule has 0 saturated carbocycles. The Kier molecular flexibility index (Phi) is 5.71. The quantitative estimate of drug-likeness (QED) is 0.835. The highest BCUT2D eigenvalue weighted by molar-refractivity contribution is 7.18. The van der Waals surface area contributed by atoms with E-state index >= 15 is 0 Å². The predicted octanol–water partition coefficient (Wildman–Crippen LogP) is 3.08. The third kappa shape index (κ3) is 4.24. The van der Waals surface area contributed by atoms with Gasteiger partial charge in [0.25, 0.3) is 11.8 Å². The molecule has 0 aliphatic carbocycles. The number of halogens is 1. The van der Waals surface area contributed by atoms with Gasteiger partial charge in [-0.25, -0.2) is 0 Å². The maximum atomic E-state index is 13.0. The van der Waals surface area contributed by atoms with Gasteiger partial charge < -0.3 is 15.1 Å². The molecule has 1 saturated heterocycles. The molecule has 28 heavy (non-hydrogen) atoms. The summed E-state index contributed by atoms with van der Waals surface area (Å²) < 4.78 is 0.600. The summed E-state index contributed by atoms with van der Waals surface area (Å²) >= 11 is 7.17. The van der Waals surface area contributed by atoms with Gasteiger partial charge in [-0.2, -0.15) is 0 Å². The van der Waals surface area contributed by atoms with Crippen molar-refractivity contribution in [1.82, 2.24) is 15.1 Å². The Morgan fingerprint density at radius 1 is 1.11 bits per heavy atom. The molecule has 1 N–H and O–H groups in total. The van der Waals surface area contributed by atoms with E-state index in [0.717, 1.165) is 37.9 Å². The second kappa shape index (κ2) is 8.23. The van der Waals surface area contributed by atoms with Crippen LogP contribution in [0.2, 0.25) is 4.34 Å². The van der Waals surface area contributed by atoms with Crippen molar-refractivity contribution in [3.63, 3.8) is 0 Å². The number of nitrogens with one attached hydrogen (secondary N) is 1. The van der Waals surface area contributed by atoms with Gasteiger partial charge in [0.05, 0.1) is 9.21 Å². The Bertz CT molecular complexity index is 898. The zero-order chi connectivity index (χ0) is 19.7. The van der Waals surface area contributed by atoms with E-state index in [2.05, 4.69) is 29.4 Å². The first-order valence-electron chi connectivity index (χ1n) is 9.65. The van der Waals surface area contributed by atoms with E-state index in [4.69, 9.17) is 11.6 Å². The largest absolute Gasteiger partial charge is 0.347 e. The number of hydrogen-bond acceptors (Lipinski definition) is 4. The van der Waals surface area contributed by atoms with Crippen LogP contribution in [0.3, 0.4) is 0 Å². The molecule has 0 radical (unpaired) electrons. The molecule has 148 valence electrons. The van der Waals surface area contributed by atoms with Crippen molar-refractivity contribution in [2.75, 3.05) is 33.2 Å². The summed E-state index contributed by atoms with van der Waals surface area (Å²) in [5, 5.41) is 3.02. The molecule has 1 aromatic carbocycles. The average Bonchev–Trinajstić information content (AvgIpc) is 3.29. The Labute approximate surface area is 174 Å². The van der Waals surface area contributed by atoms with Gasteiger partial charge in [0.15, 0.2) is 0 Å². The van der Waals surface area contributed by atoms with Crippen molar-refractivity contribution in [3.8, 4) is 0 Å². The summed E-state index contributed by atoms with van der Waals surface area (Å²) in [6.07, 6.45) is 2.78. The van der Waals surface area contributed by atoms with Gasteiger partial charge in [-0.05, 0) is 61.7 Å². The summed E-state index contributed by atoms with van der Waals surface area (Å²) in [7, 11) is 2.14. The van der Waals surface area contributed by atoms with E-state index in [0.29, 0.717) is 22.3 Å². The van der Waals surface area contributed by atoms with Crippen LogP contribution in [0.5, 0.6) is 0 Å². The van der Waals surface area contributed by atoms with Crippen LogP contribution in [0.1, 0.15) is 37.6 Å². The lowest BCUT2D eigenvalue weighted by Crippen LogP contribution is -2.38. The molecule has 2 aromatic rings.